The Morgan fingerprint density at radius 1 is 0.828 bits per heavy atom. The number of carbonyl (C=O) groups is 2. The summed E-state index contributed by atoms with van der Waals surface area (Å²) < 4.78 is 0. The Balaban J connectivity index is 2.12. The highest BCUT2D eigenvalue weighted by Crippen LogP contribution is 2.51. The van der Waals surface area contributed by atoms with Gasteiger partial charge in [-0.15, -0.1) is 0 Å². The molecule has 0 spiro atoms. The van der Waals surface area contributed by atoms with Crippen LogP contribution in [0.5, 0.6) is 0 Å². The fraction of sp³-hybridized carbons (Fsp3) is 0.190. The van der Waals surface area contributed by atoms with Crippen molar-refractivity contribution in [3.63, 3.8) is 0 Å². The maximum atomic E-state index is 13.3. The van der Waals surface area contributed by atoms with Gasteiger partial charge in [-0.25, -0.2) is 4.79 Å². The Hall–Kier alpha value is -1.92. The number of hydrogen-bond acceptors (Lipinski definition) is 3. The third kappa shape index (κ3) is 2.99. The van der Waals surface area contributed by atoms with E-state index in [-0.39, 0.29) is 17.1 Å². The second-order valence-corrected chi connectivity index (χ2v) is 8.30. The smallest absolute Gasteiger partial charge is 0.284 e. The van der Waals surface area contributed by atoms with Gasteiger partial charge in [0.25, 0.3) is 5.91 Å². The summed E-state index contributed by atoms with van der Waals surface area (Å²) in [7, 11) is 0. The Morgan fingerprint density at radius 2 is 1.48 bits per heavy atom. The molecule has 2 aromatic rings. The Bertz CT molecular complexity index is 1110. The van der Waals surface area contributed by atoms with E-state index in [9.17, 15) is 9.59 Å². The Labute approximate surface area is 188 Å². The van der Waals surface area contributed by atoms with Crippen LogP contribution in [0, 0.1) is 0 Å². The quantitative estimate of drug-likeness (QED) is 0.341. The van der Waals surface area contributed by atoms with Gasteiger partial charge in [0.2, 0.25) is 0 Å². The fourth-order valence-corrected chi connectivity index (χ4v) is 5.02. The number of fused-ring (bicyclic) bond motifs is 3. The summed E-state index contributed by atoms with van der Waals surface area (Å²) in [5.74, 6) is -0.433. The minimum atomic E-state index is -0.433. The summed E-state index contributed by atoms with van der Waals surface area (Å²) >= 11 is 24.7. The standard InChI is InChI=1S/C21H15Cl3N2O2S/c1-3-25-19(27)18(20(29)26(4-2)21(25)28)17-13-7-10(22)5-6-12(13)16-14(17)8-11(23)9-15(16)24/h5-9H,3-4H2,1-2H3. The number of rotatable bonds is 2. The number of carbonyl (C=O) groups excluding carboxylic acids is 2. The molecule has 0 aromatic heterocycles. The minimum absolute atomic E-state index is 0.192. The van der Waals surface area contributed by atoms with Crippen molar-refractivity contribution in [2.45, 2.75) is 13.8 Å². The topological polar surface area (TPSA) is 40.6 Å². The van der Waals surface area contributed by atoms with E-state index in [2.05, 4.69) is 0 Å². The highest BCUT2D eigenvalue weighted by Gasteiger charge is 2.42. The number of urea groups is 1. The minimum Gasteiger partial charge on any atom is -0.284 e. The van der Waals surface area contributed by atoms with E-state index in [1.807, 2.05) is 13.0 Å². The molecule has 3 amide bonds. The lowest BCUT2D eigenvalue weighted by Crippen LogP contribution is -2.55. The van der Waals surface area contributed by atoms with Gasteiger partial charge in [0.05, 0.1) is 10.6 Å². The zero-order chi connectivity index (χ0) is 21.0. The van der Waals surface area contributed by atoms with Crippen LogP contribution in [0.2, 0.25) is 15.1 Å². The van der Waals surface area contributed by atoms with Crippen LogP contribution >= 0.6 is 47.0 Å². The van der Waals surface area contributed by atoms with Crippen LogP contribution in [0.15, 0.2) is 35.9 Å². The number of nitrogens with zero attached hydrogens (tertiary/aromatic N) is 2. The molecule has 0 atom stereocenters. The van der Waals surface area contributed by atoms with Crippen LogP contribution in [0.4, 0.5) is 4.79 Å². The Morgan fingerprint density at radius 3 is 2.14 bits per heavy atom. The van der Waals surface area contributed by atoms with Crippen molar-refractivity contribution in [2.75, 3.05) is 13.1 Å². The lowest BCUT2D eigenvalue weighted by atomic mass is 9.95. The molecule has 8 heteroatoms. The van der Waals surface area contributed by atoms with Crippen LogP contribution < -0.4 is 0 Å². The summed E-state index contributed by atoms with van der Waals surface area (Å²) in [5.41, 5.74) is 3.93. The van der Waals surface area contributed by atoms with E-state index in [1.54, 1.807) is 31.2 Å². The summed E-state index contributed by atoms with van der Waals surface area (Å²) in [6.07, 6.45) is 0. The van der Waals surface area contributed by atoms with E-state index < -0.39 is 11.9 Å². The van der Waals surface area contributed by atoms with Gasteiger partial charge in [-0.05, 0) is 54.8 Å². The van der Waals surface area contributed by atoms with Gasteiger partial charge >= 0.3 is 6.03 Å². The summed E-state index contributed by atoms with van der Waals surface area (Å²) in [6.45, 7) is 4.15. The second kappa shape index (κ2) is 7.40. The molecule has 1 aliphatic carbocycles. The molecule has 2 aliphatic rings. The highest BCUT2D eigenvalue weighted by molar-refractivity contribution is 7.81. The molecule has 0 saturated carbocycles. The molecule has 4 rings (SSSR count). The largest absolute Gasteiger partial charge is 0.332 e. The molecule has 0 radical (unpaired) electrons. The molecule has 0 unspecified atom stereocenters. The normalized spacial score (nSPS) is 18.4. The van der Waals surface area contributed by atoms with Crippen molar-refractivity contribution >= 4 is 69.5 Å². The number of halogens is 3. The molecule has 1 aliphatic heterocycles. The van der Waals surface area contributed by atoms with Crippen LogP contribution in [-0.2, 0) is 4.79 Å². The number of thiocarbonyl (C=S) groups is 1. The zero-order valence-electron chi connectivity index (χ0n) is 15.6. The lowest BCUT2D eigenvalue weighted by molar-refractivity contribution is -0.124. The van der Waals surface area contributed by atoms with Crippen molar-refractivity contribution in [3.05, 3.63) is 62.1 Å². The zero-order valence-corrected chi connectivity index (χ0v) is 18.6. The van der Waals surface area contributed by atoms with Crippen LogP contribution in [0.1, 0.15) is 25.0 Å². The summed E-state index contributed by atoms with van der Waals surface area (Å²) in [6, 6.07) is 8.42. The molecule has 0 bridgehead atoms. The number of likely N-dealkylation sites (N-methyl/N-ethyl adjacent to an activating group) is 2. The van der Waals surface area contributed by atoms with Crippen LogP contribution in [-0.4, -0.2) is 39.8 Å². The average Bonchev–Trinajstić information content (AvgIpc) is 2.96. The molecule has 1 saturated heterocycles. The first kappa shape index (κ1) is 20.4. The highest BCUT2D eigenvalue weighted by atomic mass is 35.5. The molecule has 148 valence electrons. The van der Waals surface area contributed by atoms with Crippen molar-refractivity contribution in [2.24, 2.45) is 0 Å². The van der Waals surface area contributed by atoms with Crippen molar-refractivity contribution in [1.82, 2.24) is 9.80 Å². The lowest BCUT2D eigenvalue weighted by Gasteiger charge is -2.35. The van der Waals surface area contributed by atoms with Crippen molar-refractivity contribution < 1.29 is 9.59 Å². The van der Waals surface area contributed by atoms with E-state index in [0.717, 1.165) is 16.7 Å². The van der Waals surface area contributed by atoms with Gasteiger partial charge in [0.15, 0.2) is 0 Å². The number of imide groups is 1. The van der Waals surface area contributed by atoms with Gasteiger partial charge in [-0.2, -0.15) is 0 Å². The third-order valence-corrected chi connectivity index (χ3v) is 6.28. The van der Waals surface area contributed by atoms with E-state index in [0.29, 0.717) is 32.7 Å². The first-order valence-corrected chi connectivity index (χ1v) is 10.6. The fourth-order valence-electron chi connectivity index (χ4n) is 3.85. The number of hydrogen-bond donors (Lipinski definition) is 0. The van der Waals surface area contributed by atoms with Gasteiger partial charge < -0.3 is 0 Å². The number of benzene rings is 2. The van der Waals surface area contributed by atoms with E-state index in [1.165, 1.54) is 9.80 Å². The molecule has 1 fully saturated rings. The molecular weight excluding hydrogens is 451 g/mol. The second-order valence-electron chi connectivity index (χ2n) is 6.63. The monoisotopic (exact) mass is 464 g/mol. The van der Waals surface area contributed by atoms with E-state index in [4.69, 9.17) is 47.0 Å². The predicted molar refractivity (Wildman–Crippen MR) is 121 cm³/mol. The maximum absolute atomic E-state index is 13.3. The van der Waals surface area contributed by atoms with Crippen LogP contribution in [0.25, 0.3) is 16.7 Å². The summed E-state index contributed by atoms with van der Waals surface area (Å²) in [5, 5.41) is 1.43. The number of amides is 3. The Kier molecular flexibility index (Phi) is 5.20. The SMILES string of the molecule is CCN1C(=O)C(=C2c3cc(Cl)ccc3-c3c(Cl)cc(Cl)cc32)C(=S)N(CC)C1=O. The van der Waals surface area contributed by atoms with Crippen molar-refractivity contribution in [3.8, 4) is 11.1 Å². The van der Waals surface area contributed by atoms with Crippen molar-refractivity contribution in [1.29, 1.82) is 0 Å². The van der Waals surface area contributed by atoms with Gasteiger partial charge in [0, 0.05) is 34.3 Å². The predicted octanol–water partition coefficient (Wildman–Crippen LogP) is 6.06. The third-order valence-electron chi connectivity index (χ3n) is 5.11. The maximum Gasteiger partial charge on any atom is 0.332 e. The molecular formula is C21H15Cl3N2O2S. The average molecular weight is 466 g/mol. The molecule has 0 N–H and O–H groups in total. The first-order chi connectivity index (χ1) is 13.8. The first-order valence-electron chi connectivity index (χ1n) is 9.01. The van der Waals surface area contributed by atoms with Gasteiger partial charge in [0.1, 0.15) is 4.99 Å². The molecule has 2 aromatic carbocycles. The van der Waals surface area contributed by atoms with Gasteiger partial charge in [-0.1, -0.05) is 53.1 Å². The van der Waals surface area contributed by atoms with E-state index >= 15 is 0 Å². The molecule has 4 nitrogen and oxygen atoms in total. The van der Waals surface area contributed by atoms with Gasteiger partial charge in [-0.3, -0.25) is 14.6 Å². The molecule has 29 heavy (non-hydrogen) atoms. The molecule has 1 heterocycles. The van der Waals surface area contributed by atoms with Crippen LogP contribution in [0.3, 0.4) is 0 Å². The summed E-state index contributed by atoms with van der Waals surface area (Å²) in [4.78, 5) is 28.8.